The molecule has 0 fully saturated rings. The molecule has 0 aliphatic rings. The maximum Gasteiger partial charge on any atom is 0.161 e. The van der Waals surface area contributed by atoms with E-state index < -0.39 is 0 Å². The van der Waals surface area contributed by atoms with Crippen molar-refractivity contribution < 1.29 is 9.47 Å². The number of aromatic nitrogens is 1. The monoisotopic (exact) mass is 264 g/mol. The van der Waals surface area contributed by atoms with Crippen molar-refractivity contribution in [3.63, 3.8) is 0 Å². The summed E-state index contributed by atoms with van der Waals surface area (Å²) in [6.07, 6.45) is 0.836. The van der Waals surface area contributed by atoms with E-state index in [0.29, 0.717) is 13.2 Å². The number of benzene rings is 1. The van der Waals surface area contributed by atoms with E-state index in [1.54, 1.807) is 24.0 Å². The first kappa shape index (κ1) is 12.9. The topological polar surface area (TPSA) is 57.4 Å². The Morgan fingerprint density at radius 1 is 1.33 bits per heavy atom. The number of methoxy groups -OCH3 is 1. The van der Waals surface area contributed by atoms with Crippen LogP contribution in [0.25, 0.3) is 0 Å². The minimum absolute atomic E-state index is 0.454. The average Bonchev–Trinajstić information content (AvgIpc) is 2.90. The van der Waals surface area contributed by atoms with Gasteiger partial charge in [-0.15, -0.1) is 11.3 Å². The minimum atomic E-state index is 0.454. The summed E-state index contributed by atoms with van der Waals surface area (Å²) in [7, 11) is 1.64. The highest BCUT2D eigenvalue weighted by atomic mass is 32.1. The van der Waals surface area contributed by atoms with Crippen molar-refractivity contribution in [3.8, 4) is 11.5 Å². The first-order chi connectivity index (χ1) is 8.83. The van der Waals surface area contributed by atoms with Crippen molar-refractivity contribution in [2.45, 2.75) is 13.0 Å². The standard InChI is InChI=1S/C13H16N2O2S/c1-16-13-6-10(4-5-14)2-3-12(13)17-7-11-8-18-9-15-11/h2-3,6,8-9H,4-5,7,14H2,1H3. The van der Waals surface area contributed by atoms with E-state index in [4.69, 9.17) is 15.2 Å². The number of thiazole rings is 1. The molecular formula is C13H16N2O2S. The molecule has 18 heavy (non-hydrogen) atoms. The maximum atomic E-state index is 5.69. The third-order valence-corrected chi connectivity index (χ3v) is 3.16. The quantitative estimate of drug-likeness (QED) is 0.869. The number of nitrogens with two attached hydrogens (primary N) is 1. The van der Waals surface area contributed by atoms with E-state index in [1.165, 1.54) is 0 Å². The summed E-state index contributed by atoms with van der Waals surface area (Å²) < 4.78 is 11.0. The van der Waals surface area contributed by atoms with Crippen molar-refractivity contribution in [2.24, 2.45) is 5.73 Å². The Kier molecular flexibility index (Phi) is 4.55. The fourth-order valence-corrected chi connectivity index (χ4v) is 2.16. The Morgan fingerprint density at radius 2 is 2.22 bits per heavy atom. The largest absolute Gasteiger partial charge is 0.493 e. The van der Waals surface area contributed by atoms with E-state index in [0.717, 1.165) is 29.2 Å². The van der Waals surface area contributed by atoms with Crippen LogP contribution < -0.4 is 15.2 Å². The van der Waals surface area contributed by atoms with Gasteiger partial charge in [-0.1, -0.05) is 6.07 Å². The van der Waals surface area contributed by atoms with E-state index in [1.807, 2.05) is 23.6 Å². The zero-order chi connectivity index (χ0) is 12.8. The molecule has 5 heteroatoms. The Labute approximate surface area is 110 Å². The van der Waals surface area contributed by atoms with Crippen LogP contribution in [0.1, 0.15) is 11.3 Å². The second kappa shape index (κ2) is 6.37. The first-order valence-corrected chi connectivity index (χ1v) is 6.64. The molecule has 0 bridgehead atoms. The van der Waals surface area contributed by atoms with E-state index >= 15 is 0 Å². The van der Waals surface area contributed by atoms with E-state index in [9.17, 15) is 0 Å². The fraction of sp³-hybridized carbons (Fsp3) is 0.308. The van der Waals surface area contributed by atoms with Crippen molar-refractivity contribution in [3.05, 3.63) is 40.3 Å². The third-order valence-electron chi connectivity index (χ3n) is 2.52. The Morgan fingerprint density at radius 3 is 2.89 bits per heavy atom. The molecule has 1 heterocycles. The fourth-order valence-electron chi connectivity index (χ4n) is 1.61. The van der Waals surface area contributed by atoms with Crippen molar-refractivity contribution in [1.82, 2.24) is 4.98 Å². The van der Waals surface area contributed by atoms with Crippen LogP contribution in [0.2, 0.25) is 0 Å². The van der Waals surface area contributed by atoms with Crippen molar-refractivity contribution in [1.29, 1.82) is 0 Å². The number of nitrogens with zero attached hydrogens (tertiary/aromatic N) is 1. The lowest BCUT2D eigenvalue weighted by Crippen LogP contribution is -2.03. The summed E-state index contributed by atoms with van der Waals surface area (Å²) in [5, 5.41) is 1.97. The third kappa shape index (κ3) is 3.21. The molecule has 0 aliphatic heterocycles. The number of ether oxygens (including phenoxy) is 2. The molecule has 2 aromatic rings. The van der Waals surface area contributed by atoms with Crippen LogP contribution in [0.15, 0.2) is 29.1 Å². The van der Waals surface area contributed by atoms with Crippen LogP contribution in [0.4, 0.5) is 0 Å². The molecule has 1 aromatic carbocycles. The first-order valence-electron chi connectivity index (χ1n) is 5.70. The van der Waals surface area contributed by atoms with Gasteiger partial charge >= 0.3 is 0 Å². The SMILES string of the molecule is COc1cc(CCN)ccc1OCc1cscn1. The van der Waals surface area contributed by atoms with Gasteiger partial charge in [0.15, 0.2) is 11.5 Å². The van der Waals surface area contributed by atoms with E-state index in [2.05, 4.69) is 4.98 Å². The molecule has 0 radical (unpaired) electrons. The second-order valence-corrected chi connectivity index (χ2v) is 4.51. The van der Waals surface area contributed by atoms with Crippen molar-refractivity contribution >= 4 is 11.3 Å². The predicted octanol–water partition coefficient (Wildman–Crippen LogP) is 2.23. The highest BCUT2D eigenvalue weighted by Gasteiger charge is 2.06. The molecule has 0 atom stereocenters. The summed E-state index contributed by atoms with van der Waals surface area (Å²) in [4.78, 5) is 4.17. The van der Waals surface area contributed by atoms with E-state index in [-0.39, 0.29) is 0 Å². The summed E-state index contributed by atoms with van der Waals surface area (Å²) in [5.74, 6) is 1.46. The summed E-state index contributed by atoms with van der Waals surface area (Å²) in [5.41, 5.74) is 9.40. The van der Waals surface area contributed by atoms with Crippen LogP contribution in [0, 0.1) is 0 Å². The zero-order valence-electron chi connectivity index (χ0n) is 10.3. The molecule has 0 spiro atoms. The highest BCUT2D eigenvalue weighted by Crippen LogP contribution is 2.28. The summed E-state index contributed by atoms with van der Waals surface area (Å²) in [6.45, 7) is 1.08. The summed E-state index contributed by atoms with van der Waals surface area (Å²) in [6, 6.07) is 5.88. The molecule has 2 N–H and O–H groups in total. The zero-order valence-corrected chi connectivity index (χ0v) is 11.1. The molecule has 0 amide bonds. The van der Waals surface area contributed by atoms with Gasteiger partial charge in [0, 0.05) is 5.38 Å². The lowest BCUT2D eigenvalue weighted by atomic mass is 10.1. The van der Waals surface area contributed by atoms with Gasteiger partial charge in [-0.2, -0.15) is 0 Å². The van der Waals surface area contributed by atoms with Crippen LogP contribution in [-0.2, 0) is 13.0 Å². The van der Waals surface area contributed by atoms with Gasteiger partial charge in [-0.05, 0) is 30.7 Å². The molecular weight excluding hydrogens is 248 g/mol. The smallest absolute Gasteiger partial charge is 0.161 e. The van der Waals surface area contributed by atoms with Crippen LogP contribution >= 0.6 is 11.3 Å². The van der Waals surface area contributed by atoms with Gasteiger partial charge in [0.05, 0.1) is 18.3 Å². The van der Waals surface area contributed by atoms with Gasteiger partial charge in [0.2, 0.25) is 0 Å². The summed E-state index contributed by atoms with van der Waals surface area (Å²) >= 11 is 1.56. The number of rotatable bonds is 6. The Balaban J connectivity index is 2.07. The van der Waals surface area contributed by atoms with Crippen LogP contribution in [0.5, 0.6) is 11.5 Å². The van der Waals surface area contributed by atoms with Gasteiger partial charge in [-0.3, -0.25) is 0 Å². The molecule has 0 aliphatic carbocycles. The lowest BCUT2D eigenvalue weighted by molar-refractivity contribution is 0.281. The maximum absolute atomic E-state index is 5.69. The predicted molar refractivity (Wildman–Crippen MR) is 72.2 cm³/mol. The normalized spacial score (nSPS) is 10.3. The lowest BCUT2D eigenvalue weighted by Gasteiger charge is -2.11. The molecule has 0 saturated heterocycles. The van der Waals surface area contributed by atoms with Crippen LogP contribution in [0.3, 0.4) is 0 Å². The second-order valence-electron chi connectivity index (χ2n) is 3.79. The molecule has 2 rings (SSSR count). The van der Waals surface area contributed by atoms with Crippen LogP contribution in [-0.4, -0.2) is 18.6 Å². The van der Waals surface area contributed by atoms with Crippen molar-refractivity contribution in [2.75, 3.05) is 13.7 Å². The number of hydrogen-bond acceptors (Lipinski definition) is 5. The number of hydrogen-bond donors (Lipinski definition) is 1. The molecule has 0 unspecified atom stereocenters. The minimum Gasteiger partial charge on any atom is -0.493 e. The highest BCUT2D eigenvalue weighted by molar-refractivity contribution is 7.07. The Hall–Kier alpha value is -1.59. The Bertz CT molecular complexity index is 486. The van der Waals surface area contributed by atoms with Gasteiger partial charge in [0.25, 0.3) is 0 Å². The average molecular weight is 264 g/mol. The molecule has 0 saturated carbocycles. The molecule has 4 nitrogen and oxygen atoms in total. The molecule has 96 valence electrons. The van der Waals surface area contributed by atoms with Gasteiger partial charge in [0.1, 0.15) is 6.61 Å². The van der Waals surface area contributed by atoms with Gasteiger partial charge < -0.3 is 15.2 Å². The van der Waals surface area contributed by atoms with Gasteiger partial charge in [-0.25, -0.2) is 4.98 Å². The molecule has 1 aromatic heterocycles.